The van der Waals surface area contributed by atoms with E-state index in [1.54, 1.807) is 25.1 Å². The van der Waals surface area contributed by atoms with Crippen LogP contribution in [0.4, 0.5) is 0 Å². The maximum atomic E-state index is 12.9. The zero-order chi connectivity index (χ0) is 19.6. The maximum Gasteiger partial charge on any atom is 0.290 e. The van der Waals surface area contributed by atoms with Gasteiger partial charge in [-0.2, -0.15) is 0 Å². The van der Waals surface area contributed by atoms with E-state index in [4.69, 9.17) is 8.83 Å². The van der Waals surface area contributed by atoms with E-state index in [9.17, 15) is 14.7 Å². The second kappa shape index (κ2) is 7.84. The summed E-state index contributed by atoms with van der Waals surface area (Å²) in [6, 6.07) is 5.82. The Bertz CT molecular complexity index is 846. The zero-order valence-corrected chi connectivity index (χ0v) is 15.8. The number of aliphatic hydroxyl groups excluding tert-OH is 1. The van der Waals surface area contributed by atoms with Gasteiger partial charge in [-0.05, 0) is 44.3 Å². The number of hydrogen-bond acceptors (Lipinski definition) is 6. The van der Waals surface area contributed by atoms with E-state index >= 15 is 0 Å². The summed E-state index contributed by atoms with van der Waals surface area (Å²) in [4.78, 5) is 29.3. The minimum absolute atomic E-state index is 0.0103. The van der Waals surface area contributed by atoms with Gasteiger partial charge in [-0.3, -0.25) is 9.59 Å². The molecule has 2 aromatic heterocycles. The molecule has 3 heterocycles. The number of likely N-dealkylation sites (N-methyl/N-ethyl adjacent to an activating group) is 1. The molecule has 2 aromatic rings. The van der Waals surface area contributed by atoms with E-state index in [0.717, 1.165) is 13.1 Å². The molecular weight excluding hydrogens is 348 g/mol. The third-order valence-electron chi connectivity index (χ3n) is 4.88. The van der Waals surface area contributed by atoms with Gasteiger partial charge in [0.05, 0.1) is 11.8 Å². The number of carbonyl (C=O) groups excluding carboxylic acids is 2. The topological polar surface area (TPSA) is 87.1 Å². The Kier molecular flexibility index (Phi) is 5.51. The van der Waals surface area contributed by atoms with E-state index in [0.29, 0.717) is 24.6 Å². The highest BCUT2D eigenvalue weighted by Crippen LogP contribution is 2.39. The van der Waals surface area contributed by atoms with Crippen LogP contribution < -0.4 is 0 Å². The molecule has 1 amide bonds. The molecule has 1 aliphatic heterocycles. The molecule has 7 heteroatoms. The summed E-state index contributed by atoms with van der Waals surface area (Å²) in [6.45, 7) is 8.57. The van der Waals surface area contributed by atoms with Gasteiger partial charge in [0.2, 0.25) is 5.78 Å². The van der Waals surface area contributed by atoms with Crippen molar-refractivity contribution >= 4 is 11.7 Å². The molecule has 1 atom stereocenters. The number of amides is 1. The lowest BCUT2D eigenvalue weighted by atomic mass is 10.00. The SMILES string of the molecule is CCN(CC)CCN1C(=O)C(O)=C(C(=O)c2ccco2)C1c1ccc(C)o1. The van der Waals surface area contributed by atoms with Crippen LogP contribution in [0.15, 0.2) is 50.7 Å². The lowest BCUT2D eigenvalue weighted by Gasteiger charge is -2.27. The summed E-state index contributed by atoms with van der Waals surface area (Å²) in [5.41, 5.74) is -0.0103. The number of hydrogen-bond donors (Lipinski definition) is 1. The third-order valence-corrected chi connectivity index (χ3v) is 4.88. The number of aliphatic hydroxyl groups is 1. The van der Waals surface area contributed by atoms with Crippen LogP contribution in [0, 0.1) is 6.92 Å². The molecule has 0 aliphatic carbocycles. The van der Waals surface area contributed by atoms with Gasteiger partial charge in [0.1, 0.15) is 17.6 Å². The van der Waals surface area contributed by atoms with Gasteiger partial charge in [-0.25, -0.2) is 0 Å². The average molecular weight is 372 g/mol. The molecule has 1 unspecified atom stereocenters. The molecule has 1 N–H and O–H groups in total. The minimum Gasteiger partial charge on any atom is -0.503 e. The van der Waals surface area contributed by atoms with Gasteiger partial charge in [0, 0.05) is 13.1 Å². The summed E-state index contributed by atoms with van der Waals surface area (Å²) in [7, 11) is 0. The molecular formula is C20H24N2O5. The Morgan fingerprint density at radius 1 is 1.26 bits per heavy atom. The second-order valence-electron chi connectivity index (χ2n) is 6.45. The highest BCUT2D eigenvalue weighted by molar-refractivity contribution is 6.14. The Hall–Kier alpha value is -2.80. The molecule has 0 fully saturated rings. The van der Waals surface area contributed by atoms with Crippen molar-refractivity contribution in [2.75, 3.05) is 26.2 Å². The van der Waals surface area contributed by atoms with Gasteiger partial charge in [-0.1, -0.05) is 13.8 Å². The summed E-state index contributed by atoms with van der Waals surface area (Å²) < 4.78 is 10.9. The standard InChI is InChI=1S/C20H24N2O5/c1-4-21(5-2)10-11-22-17(14-9-8-13(3)27-14)16(19(24)20(22)25)18(23)15-7-6-12-26-15/h6-9,12,17,24H,4-5,10-11H2,1-3H3. The van der Waals surface area contributed by atoms with Crippen LogP contribution in [0.25, 0.3) is 0 Å². The molecule has 27 heavy (non-hydrogen) atoms. The fraction of sp³-hybridized carbons (Fsp3) is 0.400. The molecule has 7 nitrogen and oxygen atoms in total. The lowest BCUT2D eigenvalue weighted by molar-refractivity contribution is -0.129. The van der Waals surface area contributed by atoms with Crippen LogP contribution in [0.1, 0.15) is 42.0 Å². The zero-order valence-electron chi connectivity index (χ0n) is 15.8. The van der Waals surface area contributed by atoms with E-state index in [1.165, 1.54) is 17.2 Å². The normalized spacial score (nSPS) is 17.4. The Balaban J connectivity index is 1.97. The smallest absolute Gasteiger partial charge is 0.290 e. The predicted molar refractivity (Wildman–Crippen MR) is 98.4 cm³/mol. The number of carbonyl (C=O) groups is 2. The fourth-order valence-electron chi connectivity index (χ4n) is 3.34. The van der Waals surface area contributed by atoms with Gasteiger partial charge in [0.15, 0.2) is 11.5 Å². The van der Waals surface area contributed by atoms with E-state index in [1.807, 2.05) is 13.8 Å². The first kappa shape index (κ1) is 19.0. The van der Waals surface area contributed by atoms with E-state index < -0.39 is 23.5 Å². The summed E-state index contributed by atoms with van der Waals surface area (Å²) >= 11 is 0. The quantitative estimate of drug-likeness (QED) is 0.717. The van der Waals surface area contributed by atoms with Gasteiger partial charge in [-0.15, -0.1) is 0 Å². The lowest BCUT2D eigenvalue weighted by Crippen LogP contribution is -2.38. The minimum atomic E-state index is -0.778. The van der Waals surface area contributed by atoms with Crippen molar-refractivity contribution in [1.82, 2.24) is 9.80 Å². The van der Waals surface area contributed by atoms with Gasteiger partial charge < -0.3 is 23.7 Å². The van der Waals surface area contributed by atoms with E-state index in [2.05, 4.69) is 4.90 Å². The third kappa shape index (κ3) is 3.55. The van der Waals surface area contributed by atoms with Crippen LogP contribution in [-0.4, -0.2) is 52.8 Å². The van der Waals surface area contributed by atoms with Crippen molar-refractivity contribution in [2.24, 2.45) is 0 Å². The van der Waals surface area contributed by atoms with Crippen molar-refractivity contribution < 1.29 is 23.5 Å². The Labute approximate surface area is 157 Å². The molecule has 0 spiro atoms. The first-order chi connectivity index (χ1) is 13.0. The molecule has 0 saturated carbocycles. The van der Waals surface area contributed by atoms with Gasteiger partial charge >= 0.3 is 0 Å². The first-order valence-electron chi connectivity index (χ1n) is 9.08. The van der Waals surface area contributed by atoms with Crippen molar-refractivity contribution in [3.8, 4) is 0 Å². The highest BCUT2D eigenvalue weighted by atomic mass is 16.3. The van der Waals surface area contributed by atoms with Crippen LogP contribution in [-0.2, 0) is 4.79 Å². The molecule has 0 bridgehead atoms. The van der Waals surface area contributed by atoms with Crippen LogP contribution in [0.3, 0.4) is 0 Å². The maximum absolute atomic E-state index is 12.9. The predicted octanol–water partition coefficient (Wildman–Crippen LogP) is 3.10. The Morgan fingerprint density at radius 2 is 2.00 bits per heavy atom. The summed E-state index contributed by atoms with van der Waals surface area (Å²) in [5.74, 6) is -0.457. The van der Waals surface area contributed by atoms with Crippen molar-refractivity contribution in [2.45, 2.75) is 26.8 Å². The molecule has 1 aliphatic rings. The van der Waals surface area contributed by atoms with Crippen LogP contribution in [0.2, 0.25) is 0 Å². The monoisotopic (exact) mass is 372 g/mol. The van der Waals surface area contributed by atoms with Crippen molar-refractivity contribution in [1.29, 1.82) is 0 Å². The number of rotatable bonds is 8. The van der Waals surface area contributed by atoms with E-state index in [-0.39, 0.29) is 11.3 Å². The number of aryl methyl sites for hydroxylation is 1. The second-order valence-corrected chi connectivity index (χ2v) is 6.45. The largest absolute Gasteiger partial charge is 0.503 e. The summed E-state index contributed by atoms with van der Waals surface area (Å²) in [6.07, 6.45) is 1.38. The van der Waals surface area contributed by atoms with Crippen LogP contribution >= 0.6 is 0 Å². The fourth-order valence-corrected chi connectivity index (χ4v) is 3.34. The number of furan rings is 2. The Morgan fingerprint density at radius 3 is 2.56 bits per heavy atom. The molecule has 0 saturated heterocycles. The molecule has 144 valence electrons. The molecule has 3 rings (SSSR count). The van der Waals surface area contributed by atoms with Crippen molar-refractivity contribution in [3.05, 3.63) is 59.1 Å². The number of ketones is 1. The molecule has 0 aromatic carbocycles. The number of nitrogens with zero attached hydrogens (tertiary/aromatic N) is 2. The average Bonchev–Trinajstić information content (AvgIpc) is 3.38. The highest BCUT2D eigenvalue weighted by Gasteiger charge is 2.45. The van der Waals surface area contributed by atoms with Crippen LogP contribution in [0.5, 0.6) is 0 Å². The molecule has 0 radical (unpaired) electrons. The van der Waals surface area contributed by atoms with Gasteiger partial charge in [0.25, 0.3) is 5.91 Å². The number of Topliss-reactive ketones (excluding diaryl/α,β-unsaturated/α-hetero) is 1. The van der Waals surface area contributed by atoms with Crippen molar-refractivity contribution in [3.63, 3.8) is 0 Å². The summed E-state index contributed by atoms with van der Waals surface area (Å²) in [5, 5.41) is 10.5. The first-order valence-corrected chi connectivity index (χ1v) is 9.08.